The topological polar surface area (TPSA) is 54.3 Å². The molecule has 0 atom stereocenters. The molecule has 0 bridgehead atoms. The van der Waals surface area contributed by atoms with E-state index in [2.05, 4.69) is 33.1 Å². The molecule has 5 nitrogen and oxygen atoms in total. The van der Waals surface area contributed by atoms with E-state index in [-0.39, 0.29) is 23.4 Å². The monoisotopic (exact) mass is 425 g/mol. The van der Waals surface area contributed by atoms with Crippen molar-refractivity contribution in [1.29, 1.82) is 0 Å². The Labute approximate surface area is 160 Å². The number of aromatic nitrogens is 1. The number of carbonyl (C=O) groups is 1. The molecule has 1 fully saturated rings. The van der Waals surface area contributed by atoms with Gasteiger partial charge in [0, 0.05) is 23.6 Å². The highest BCUT2D eigenvalue weighted by Crippen LogP contribution is 2.22. The van der Waals surface area contributed by atoms with Gasteiger partial charge in [0.05, 0.1) is 10.2 Å². The van der Waals surface area contributed by atoms with Crippen molar-refractivity contribution in [3.8, 4) is 0 Å². The fourth-order valence-corrected chi connectivity index (χ4v) is 4.50. The summed E-state index contributed by atoms with van der Waals surface area (Å²) in [5.41, 5.74) is 0.814. The van der Waals surface area contributed by atoms with Gasteiger partial charge in [0.15, 0.2) is 0 Å². The van der Waals surface area contributed by atoms with E-state index in [1.807, 2.05) is 18.2 Å². The Morgan fingerprint density at radius 3 is 2.84 bits per heavy atom. The number of benzene rings is 1. The highest BCUT2D eigenvalue weighted by Gasteiger charge is 2.21. The predicted octanol–water partition coefficient (Wildman–Crippen LogP) is 3.21. The summed E-state index contributed by atoms with van der Waals surface area (Å²) in [6.45, 7) is 5.54. The molecule has 3 rings (SSSR count). The minimum atomic E-state index is -0.0855. The minimum Gasteiger partial charge on any atom is -0.352 e. The lowest BCUT2D eigenvalue weighted by Crippen LogP contribution is -2.46. The van der Waals surface area contributed by atoms with Gasteiger partial charge in [-0.2, -0.15) is 0 Å². The average Bonchev–Trinajstić information content (AvgIpc) is 2.89. The van der Waals surface area contributed by atoms with E-state index in [0.717, 1.165) is 47.2 Å². The van der Waals surface area contributed by atoms with E-state index in [9.17, 15) is 9.59 Å². The van der Waals surface area contributed by atoms with E-state index in [4.69, 9.17) is 0 Å². The first-order chi connectivity index (χ1) is 12.1. The Morgan fingerprint density at radius 1 is 1.36 bits per heavy atom. The largest absolute Gasteiger partial charge is 0.352 e. The average molecular weight is 426 g/mol. The third-order valence-corrected chi connectivity index (χ3v) is 6.17. The van der Waals surface area contributed by atoms with Gasteiger partial charge in [-0.25, -0.2) is 0 Å². The molecule has 1 aliphatic heterocycles. The van der Waals surface area contributed by atoms with Gasteiger partial charge in [0.1, 0.15) is 6.54 Å². The molecular weight excluding hydrogens is 402 g/mol. The lowest BCUT2D eigenvalue weighted by molar-refractivity contribution is -0.122. The highest BCUT2D eigenvalue weighted by atomic mass is 79.9. The van der Waals surface area contributed by atoms with Crippen LogP contribution >= 0.6 is 27.3 Å². The molecule has 1 saturated heterocycles. The number of rotatable bonds is 6. The number of likely N-dealkylation sites (tertiary alicyclic amines) is 1. The van der Waals surface area contributed by atoms with Gasteiger partial charge in [0.2, 0.25) is 5.91 Å². The van der Waals surface area contributed by atoms with Crippen LogP contribution in [0.4, 0.5) is 0 Å². The molecule has 1 amide bonds. The summed E-state index contributed by atoms with van der Waals surface area (Å²) in [6, 6.07) is 5.94. The zero-order valence-corrected chi connectivity index (χ0v) is 16.9. The molecule has 1 aliphatic rings. The first kappa shape index (κ1) is 18.6. The minimum absolute atomic E-state index is 0.0752. The highest BCUT2D eigenvalue weighted by molar-refractivity contribution is 9.10. The lowest BCUT2D eigenvalue weighted by Gasteiger charge is -2.32. The molecule has 0 aliphatic carbocycles. The molecule has 0 spiro atoms. The van der Waals surface area contributed by atoms with Gasteiger partial charge in [-0.1, -0.05) is 40.6 Å². The first-order valence-corrected chi connectivity index (χ1v) is 10.5. The Kier molecular flexibility index (Phi) is 6.30. The molecule has 1 aromatic carbocycles. The van der Waals surface area contributed by atoms with Gasteiger partial charge in [0.25, 0.3) is 0 Å². The summed E-state index contributed by atoms with van der Waals surface area (Å²) in [7, 11) is 0. The second kappa shape index (κ2) is 8.47. The second-order valence-electron chi connectivity index (χ2n) is 6.60. The number of carbonyl (C=O) groups excluding carboxylic acids is 1. The van der Waals surface area contributed by atoms with Crippen molar-refractivity contribution in [3.63, 3.8) is 0 Å². The molecule has 0 unspecified atom stereocenters. The molecule has 25 heavy (non-hydrogen) atoms. The maximum absolute atomic E-state index is 12.4. The molecule has 0 radical (unpaired) electrons. The van der Waals surface area contributed by atoms with Gasteiger partial charge < -0.3 is 10.2 Å². The van der Waals surface area contributed by atoms with Crippen LogP contribution in [0.1, 0.15) is 32.6 Å². The number of piperidine rings is 1. The van der Waals surface area contributed by atoms with E-state index in [1.165, 1.54) is 24.2 Å². The summed E-state index contributed by atoms with van der Waals surface area (Å²) in [5, 5.41) is 3.11. The third kappa shape index (κ3) is 4.71. The quantitative estimate of drug-likeness (QED) is 0.772. The van der Waals surface area contributed by atoms with Crippen molar-refractivity contribution in [2.24, 2.45) is 0 Å². The van der Waals surface area contributed by atoms with Crippen LogP contribution in [0.2, 0.25) is 0 Å². The van der Waals surface area contributed by atoms with Crippen LogP contribution in [0.5, 0.6) is 0 Å². The van der Waals surface area contributed by atoms with Gasteiger partial charge in [-0.3, -0.25) is 14.2 Å². The second-order valence-corrected chi connectivity index (χ2v) is 8.51. The summed E-state index contributed by atoms with van der Waals surface area (Å²) >= 11 is 4.61. The number of fused-ring (bicyclic) bond motifs is 1. The number of nitrogens with zero attached hydrogens (tertiary/aromatic N) is 2. The van der Waals surface area contributed by atoms with Gasteiger partial charge in [-0.05, 0) is 44.0 Å². The zero-order chi connectivity index (χ0) is 17.8. The first-order valence-electron chi connectivity index (χ1n) is 8.87. The Morgan fingerprint density at radius 2 is 2.12 bits per heavy atom. The molecule has 2 heterocycles. The molecular formula is C18H24BrN3O2S. The Bertz CT molecular complexity index is 793. The smallest absolute Gasteiger partial charge is 0.308 e. The number of unbranched alkanes of at least 4 members (excludes halogenated alkanes) is 1. The number of hydrogen-bond donors (Lipinski definition) is 1. The zero-order valence-electron chi connectivity index (χ0n) is 14.5. The van der Waals surface area contributed by atoms with Gasteiger partial charge in [-0.15, -0.1) is 0 Å². The number of amides is 1. The summed E-state index contributed by atoms with van der Waals surface area (Å²) < 4.78 is 3.38. The van der Waals surface area contributed by atoms with Crippen LogP contribution in [0, 0.1) is 0 Å². The van der Waals surface area contributed by atoms with Crippen molar-refractivity contribution in [2.75, 3.05) is 19.6 Å². The summed E-state index contributed by atoms with van der Waals surface area (Å²) in [5.74, 6) is -0.0752. The lowest BCUT2D eigenvalue weighted by atomic mass is 10.0. The standard InChI is InChI=1S/C18H24BrN3O2S/c1-2-3-8-21-9-6-14(7-10-21)20-17(23)12-22-15-11-13(19)4-5-16(15)25-18(22)24/h4-5,11,14H,2-3,6-10,12H2,1H3,(H,20,23). The summed E-state index contributed by atoms with van der Waals surface area (Å²) in [4.78, 5) is 27.0. The van der Waals surface area contributed by atoms with Crippen LogP contribution in [0.15, 0.2) is 27.5 Å². The third-order valence-electron chi connectivity index (χ3n) is 4.71. The predicted molar refractivity (Wildman–Crippen MR) is 106 cm³/mol. The van der Waals surface area contributed by atoms with Crippen LogP contribution in [0.25, 0.3) is 10.2 Å². The SMILES string of the molecule is CCCCN1CCC(NC(=O)Cn2c(=O)sc3ccc(Br)cc32)CC1. The van der Waals surface area contributed by atoms with Crippen LogP contribution in [0.3, 0.4) is 0 Å². The molecule has 2 aromatic rings. The van der Waals surface area contributed by atoms with Gasteiger partial charge >= 0.3 is 4.87 Å². The Balaban J connectivity index is 1.58. The number of thiazole rings is 1. The van der Waals surface area contributed by atoms with Crippen LogP contribution in [-0.4, -0.2) is 41.1 Å². The number of nitrogens with one attached hydrogen (secondary N) is 1. The summed E-state index contributed by atoms with van der Waals surface area (Å²) in [6.07, 6.45) is 4.43. The van der Waals surface area contributed by atoms with E-state index < -0.39 is 0 Å². The van der Waals surface area contributed by atoms with E-state index in [0.29, 0.717) is 0 Å². The number of halogens is 1. The molecule has 136 valence electrons. The molecule has 0 saturated carbocycles. The molecule has 1 N–H and O–H groups in total. The maximum atomic E-state index is 12.4. The fourth-order valence-electron chi connectivity index (χ4n) is 3.28. The van der Waals surface area contributed by atoms with Crippen molar-refractivity contribution in [2.45, 2.75) is 45.2 Å². The van der Waals surface area contributed by atoms with Crippen molar-refractivity contribution in [3.05, 3.63) is 32.3 Å². The normalized spacial score (nSPS) is 16.4. The number of hydrogen-bond acceptors (Lipinski definition) is 4. The van der Waals surface area contributed by atoms with E-state index in [1.54, 1.807) is 4.57 Å². The van der Waals surface area contributed by atoms with Crippen LogP contribution in [-0.2, 0) is 11.3 Å². The van der Waals surface area contributed by atoms with Crippen molar-refractivity contribution in [1.82, 2.24) is 14.8 Å². The van der Waals surface area contributed by atoms with Crippen molar-refractivity contribution >= 4 is 43.4 Å². The van der Waals surface area contributed by atoms with E-state index >= 15 is 0 Å². The fraction of sp³-hybridized carbons (Fsp3) is 0.556. The Hall–Kier alpha value is -1.18. The maximum Gasteiger partial charge on any atom is 0.308 e. The molecule has 7 heteroatoms. The van der Waals surface area contributed by atoms with Crippen LogP contribution < -0.4 is 10.2 Å². The molecule has 1 aromatic heterocycles. The van der Waals surface area contributed by atoms with Crippen molar-refractivity contribution < 1.29 is 4.79 Å².